The van der Waals surface area contributed by atoms with E-state index < -0.39 is 5.97 Å². The number of rotatable bonds is 4. The van der Waals surface area contributed by atoms with Crippen molar-refractivity contribution in [1.82, 2.24) is 4.57 Å². The summed E-state index contributed by atoms with van der Waals surface area (Å²) < 4.78 is 1.99. The minimum Gasteiger partial charge on any atom is -0.481 e. The molecule has 2 aromatic rings. The first-order valence-electron chi connectivity index (χ1n) is 7.32. The number of nitrogens with zero attached hydrogens (tertiary/aromatic N) is 1. The third-order valence-electron chi connectivity index (χ3n) is 3.81. The van der Waals surface area contributed by atoms with Crippen LogP contribution in [-0.2, 0) is 11.2 Å². The van der Waals surface area contributed by atoms with Crippen molar-refractivity contribution in [2.24, 2.45) is 0 Å². The second-order valence-corrected chi connectivity index (χ2v) is 5.82. The fraction of sp³-hybridized carbons (Fsp3) is 0.333. The summed E-state index contributed by atoms with van der Waals surface area (Å²) in [5.74, 6) is -0.894. The Bertz CT molecular complexity index is 764. The van der Waals surface area contributed by atoms with Gasteiger partial charge in [0.1, 0.15) is 0 Å². The lowest BCUT2D eigenvalue weighted by atomic mass is 10.0. The molecule has 4 heteroatoms. The van der Waals surface area contributed by atoms with Crippen LogP contribution < -0.4 is 5.43 Å². The Labute approximate surface area is 130 Å². The zero-order valence-corrected chi connectivity index (χ0v) is 13.4. The van der Waals surface area contributed by atoms with Gasteiger partial charge in [-0.15, -0.1) is 0 Å². The zero-order valence-electron chi connectivity index (χ0n) is 13.4. The van der Waals surface area contributed by atoms with E-state index in [0.29, 0.717) is 5.56 Å². The monoisotopic (exact) mass is 299 g/mol. The topological polar surface area (TPSA) is 59.3 Å². The SMILES string of the molecule is Cc1cc(C)c(-n2cc(CCC(=O)O)c(=O)cc2C)c(C)c1. The van der Waals surface area contributed by atoms with Crippen molar-refractivity contribution in [3.05, 3.63) is 62.6 Å². The van der Waals surface area contributed by atoms with Gasteiger partial charge < -0.3 is 9.67 Å². The molecule has 116 valence electrons. The summed E-state index contributed by atoms with van der Waals surface area (Å²) in [6, 6.07) is 5.80. The second-order valence-electron chi connectivity index (χ2n) is 5.82. The maximum absolute atomic E-state index is 12.1. The molecule has 2 rings (SSSR count). The van der Waals surface area contributed by atoms with E-state index in [4.69, 9.17) is 5.11 Å². The Kier molecular flexibility index (Phi) is 4.50. The maximum Gasteiger partial charge on any atom is 0.303 e. The highest BCUT2D eigenvalue weighted by molar-refractivity contribution is 5.67. The summed E-state index contributed by atoms with van der Waals surface area (Å²) in [6.07, 6.45) is 1.99. The van der Waals surface area contributed by atoms with E-state index in [-0.39, 0.29) is 18.3 Å². The van der Waals surface area contributed by atoms with Crippen LogP contribution in [0.25, 0.3) is 5.69 Å². The molecular weight excluding hydrogens is 278 g/mol. The fourth-order valence-corrected chi connectivity index (χ4v) is 2.90. The van der Waals surface area contributed by atoms with Crippen molar-refractivity contribution in [3.63, 3.8) is 0 Å². The lowest BCUT2D eigenvalue weighted by Gasteiger charge is -2.18. The number of carboxylic acid groups (broad SMARTS) is 1. The van der Waals surface area contributed by atoms with E-state index in [1.807, 2.05) is 25.3 Å². The van der Waals surface area contributed by atoms with Gasteiger partial charge in [0.15, 0.2) is 5.43 Å². The van der Waals surface area contributed by atoms with Crippen molar-refractivity contribution >= 4 is 5.97 Å². The van der Waals surface area contributed by atoms with E-state index in [1.165, 1.54) is 5.56 Å². The number of hydrogen-bond acceptors (Lipinski definition) is 2. The lowest BCUT2D eigenvalue weighted by Crippen LogP contribution is -2.16. The molecule has 1 N–H and O–H groups in total. The number of pyridine rings is 1. The molecule has 0 spiro atoms. The molecule has 1 heterocycles. The summed E-state index contributed by atoms with van der Waals surface area (Å²) in [5, 5.41) is 8.82. The quantitative estimate of drug-likeness (QED) is 0.943. The van der Waals surface area contributed by atoms with Crippen LogP contribution in [0.15, 0.2) is 29.2 Å². The molecular formula is C18H21NO3. The van der Waals surface area contributed by atoms with Crippen LogP contribution in [0.2, 0.25) is 0 Å². The van der Waals surface area contributed by atoms with Gasteiger partial charge in [0.05, 0.1) is 5.69 Å². The van der Waals surface area contributed by atoms with Crippen LogP contribution >= 0.6 is 0 Å². The number of aryl methyl sites for hydroxylation is 5. The van der Waals surface area contributed by atoms with Crippen molar-refractivity contribution in [2.45, 2.75) is 40.5 Å². The summed E-state index contributed by atoms with van der Waals surface area (Å²) in [7, 11) is 0. The number of hydrogen-bond donors (Lipinski definition) is 1. The third-order valence-corrected chi connectivity index (χ3v) is 3.81. The Balaban J connectivity index is 2.59. The van der Waals surface area contributed by atoms with Crippen molar-refractivity contribution in [3.8, 4) is 5.69 Å². The van der Waals surface area contributed by atoms with Gasteiger partial charge in [0.25, 0.3) is 0 Å². The van der Waals surface area contributed by atoms with Gasteiger partial charge in [-0.05, 0) is 45.2 Å². The first kappa shape index (κ1) is 16.0. The van der Waals surface area contributed by atoms with E-state index in [2.05, 4.69) is 19.1 Å². The molecule has 0 amide bonds. The molecule has 0 aliphatic rings. The van der Waals surface area contributed by atoms with Crippen molar-refractivity contribution in [1.29, 1.82) is 0 Å². The minimum absolute atomic E-state index is 0.0375. The molecule has 0 radical (unpaired) electrons. The molecule has 0 fully saturated rings. The molecule has 0 saturated heterocycles. The molecule has 4 nitrogen and oxygen atoms in total. The average molecular weight is 299 g/mol. The van der Waals surface area contributed by atoms with E-state index in [0.717, 1.165) is 22.5 Å². The van der Waals surface area contributed by atoms with E-state index >= 15 is 0 Å². The predicted molar refractivity (Wildman–Crippen MR) is 86.9 cm³/mol. The number of aromatic nitrogens is 1. The molecule has 1 aromatic carbocycles. The van der Waals surface area contributed by atoms with Crippen LogP contribution in [0, 0.1) is 27.7 Å². The first-order valence-corrected chi connectivity index (χ1v) is 7.32. The van der Waals surface area contributed by atoms with Gasteiger partial charge in [-0.1, -0.05) is 17.7 Å². The summed E-state index contributed by atoms with van der Waals surface area (Å²) in [4.78, 5) is 22.8. The Morgan fingerprint density at radius 1 is 1.09 bits per heavy atom. The fourth-order valence-electron chi connectivity index (χ4n) is 2.90. The lowest BCUT2D eigenvalue weighted by molar-refractivity contribution is -0.136. The van der Waals surface area contributed by atoms with Crippen LogP contribution in [0.4, 0.5) is 0 Å². The molecule has 0 saturated carbocycles. The highest BCUT2D eigenvalue weighted by Gasteiger charge is 2.11. The first-order chi connectivity index (χ1) is 10.3. The van der Waals surface area contributed by atoms with Crippen LogP contribution in [0.1, 0.15) is 34.4 Å². The third kappa shape index (κ3) is 3.27. The van der Waals surface area contributed by atoms with Gasteiger partial charge in [0.2, 0.25) is 0 Å². The minimum atomic E-state index is -0.894. The zero-order chi connectivity index (χ0) is 16.4. The summed E-state index contributed by atoms with van der Waals surface area (Å²) >= 11 is 0. The molecule has 22 heavy (non-hydrogen) atoms. The van der Waals surface area contributed by atoms with Gasteiger partial charge in [-0.2, -0.15) is 0 Å². The van der Waals surface area contributed by atoms with Gasteiger partial charge >= 0.3 is 5.97 Å². The smallest absolute Gasteiger partial charge is 0.303 e. The van der Waals surface area contributed by atoms with Crippen molar-refractivity contribution in [2.75, 3.05) is 0 Å². The second kappa shape index (κ2) is 6.18. The Hall–Kier alpha value is -2.36. The highest BCUT2D eigenvalue weighted by Crippen LogP contribution is 2.22. The molecule has 0 aliphatic carbocycles. The number of carboxylic acids is 1. The molecule has 0 bridgehead atoms. The molecule has 0 atom stereocenters. The average Bonchev–Trinajstić information content (AvgIpc) is 2.38. The normalized spacial score (nSPS) is 10.7. The number of aliphatic carboxylic acids is 1. The highest BCUT2D eigenvalue weighted by atomic mass is 16.4. The summed E-state index contributed by atoms with van der Waals surface area (Å²) in [5.41, 5.74) is 5.80. The molecule has 0 unspecified atom stereocenters. The Morgan fingerprint density at radius 3 is 2.23 bits per heavy atom. The van der Waals surface area contributed by atoms with Gasteiger partial charge in [-0.25, -0.2) is 0 Å². The predicted octanol–water partition coefficient (Wildman–Crippen LogP) is 3.09. The van der Waals surface area contributed by atoms with Gasteiger partial charge in [0, 0.05) is 29.9 Å². The molecule has 1 aromatic heterocycles. The van der Waals surface area contributed by atoms with Crippen LogP contribution in [0.5, 0.6) is 0 Å². The standard InChI is InChI=1S/C18H21NO3/c1-11-7-12(2)18(13(3)8-11)19-10-15(5-6-17(21)22)16(20)9-14(19)4/h7-10H,5-6H2,1-4H3,(H,21,22). The largest absolute Gasteiger partial charge is 0.481 e. The van der Waals surface area contributed by atoms with E-state index in [9.17, 15) is 9.59 Å². The maximum atomic E-state index is 12.1. The molecule has 0 aliphatic heterocycles. The van der Waals surface area contributed by atoms with Gasteiger partial charge in [-0.3, -0.25) is 9.59 Å². The van der Waals surface area contributed by atoms with Crippen molar-refractivity contribution < 1.29 is 9.90 Å². The van der Waals surface area contributed by atoms with Crippen LogP contribution in [0.3, 0.4) is 0 Å². The van der Waals surface area contributed by atoms with Crippen LogP contribution in [-0.4, -0.2) is 15.6 Å². The number of benzene rings is 1. The Morgan fingerprint density at radius 2 is 1.68 bits per heavy atom. The number of carbonyl (C=O) groups is 1. The van der Waals surface area contributed by atoms with E-state index in [1.54, 1.807) is 12.3 Å². The summed E-state index contributed by atoms with van der Waals surface area (Å²) in [6.45, 7) is 8.04.